The molecule has 1 aliphatic heterocycles. The number of likely N-dealkylation sites (N-methyl/N-ethyl adjacent to an activating group) is 1. The summed E-state index contributed by atoms with van der Waals surface area (Å²) in [5.41, 5.74) is 0.375. The predicted octanol–water partition coefficient (Wildman–Crippen LogP) is 3.83. The van der Waals surface area contributed by atoms with Gasteiger partial charge in [0.2, 0.25) is 11.8 Å². The fourth-order valence-electron chi connectivity index (χ4n) is 4.24. The summed E-state index contributed by atoms with van der Waals surface area (Å²) in [6.07, 6.45) is 7.45. The first-order valence-electron chi connectivity index (χ1n) is 11.2. The molecule has 3 rings (SSSR count). The summed E-state index contributed by atoms with van der Waals surface area (Å²) in [5.74, 6) is 0.905. The minimum absolute atomic E-state index is 0.134. The van der Waals surface area contributed by atoms with Crippen molar-refractivity contribution in [2.45, 2.75) is 65.0 Å². The Kier molecular flexibility index (Phi) is 8.77. The van der Waals surface area contributed by atoms with Crippen molar-refractivity contribution in [2.75, 3.05) is 32.6 Å². The van der Waals surface area contributed by atoms with Crippen LogP contribution >= 0.6 is 0 Å². The highest BCUT2D eigenvalue weighted by atomic mass is 16.5. The highest BCUT2D eigenvalue weighted by molar-refractivity contribution is 5.99. The van der Waals surface area contributed by atoms with E-state index >= 15 is 0 Å². The molecule has 2 amide bonds. The Bertz CT molecular complexity index is 802. The van der Waals surface area contributed by atoms with Gasteiger partial charge in [-0.3, -0.25) is 9.59 Å². The lowest BCUT2D eigenvalue weighted by Gasteiger charge is -2.39. The molecule has 0 aromatic heterocycles. The van der Waals surface area contributed by atoms with Crippen LogP contribution in [-0.2, 0) is 9.59 Å². The molecule has 7 heteroatoms. The fraction of sp³-hybridized carbons (Fsp3) is 0.583. The molecule has 1 aromatic rings. The maximum Gasteiger partial charge on any atom is 0.247 e. The van der Waals surface area contributed by atoms with Crippen LogP contribution in [0, 0.1) is 0 Å². The average Bonchev–Trinajstić information content (AvgIpc) is 3.31. The standard InChI is InChI=1S/C22H31N3O4.C2H6/c1-5-25-19(26)13-10-16-17(28-3)11-12-18(29-4)20(16)23-14-22(25,2)21(27)24-15-8-6-7-9-15;1-2/h10-13,15,23H,5-9,14H2,1-4H3,(H,24,27);1-2H3/b13-10+;. The minimum Gasteiger partial charge on any atom is -0.496 e. The third kappa shape index (κ3) is 5.14. The van der Waals surface area contributed by atoms with E-state index in [-0.39, 0.29) is 24.4 Å². The predicted molar refractivity (Wildman–Crippen MR) is 125 cm³/mol. The maximum absolute atomic E-state index is 13.3. The summed E-state index contributed by atoms with van der Waals surface area (Å²) in [7, 11) is 3.18. The van der Waals surface area contributed by atoms with E-state index < -0.39 is 5.54 Å². The Balaban J connectivity index is 0.00000166. The van der Waals surface area contributed by atoms with E-state index in [1.807, 2.05) is 33.8 Å². The van der Waals surface area contributed by atoms with Crippen molar-refractivity contribution in [3.8, 4) is 11.5 Å². The van der Waals surface area contributed by atoms with Gasteiger partial charge in [0.25, 0.3) is 0 Å². The highest BCUT2D eigenvalue weighted by Crippen LogP contribution is 2.38. The topological polar surface area (TPSA) is 79.9 Å². The number of amides is 2. The molecule has 1 atom stereocenters. The summed E-state index contributed by atoms with van der Waals surface area (Å²) in [6, 6.07) is 3.79. The fourth-order valence-corrected chi connectivity index (χ4v) is 4.24. The molecular formula is C24H37N3O4. The largest absolute Gasteiger partial charge is 0.496 e. The molecule has 2 aliphatic rings. The van der Waals surface area contributed by atoms with Crippen molar-refractivity contribution < 1.29 is 19.1 Å². The molecule has 0 radical (unpaired) electrons. The Morgan fingerprint density at radius 1 is 1.16 bits per heavy atom. The van der Waals surface area contributed by atoms with Gasteiger partial charge in [-0.25, -0.2) is 0 Å². The number of nitrogens with one attached hydrogen (secondary N) is 2. The Labute approximate surface area is 186 Å². The van der Waals surface area contributed by atoms with Gasteiger partial charge in [-0.05, 0) is 44.9 Å². The van der Waals surface area contributed by atoms with Crippen LogP contribution in [0.3, 0.4) is 0 Å². The monoisotopic (exact) mass is 431 g/mol. The van der Waals surface area contributed by atoms with Crippen LogP contribution in [0.15, 0.2) is 18.2 Å². The van der Waals surface area contributed by atoms with E-state index in [0.717, 1.165) is 31.2 Å². The molecule has 1 heterocycles. The summed E-state index contributed by atoms with van der Waals surface area (Å²) in [4.78, 5) is 28.0. The van der Waals surface area contributed by atoms with Gasteiger partial charge in [-0.15, -0.1) is 0 Å². The zero-order chi connectivity index (χ0) is 23.0. The number of carbonyl (C=O) groups is 2. The number of methoxy groups -OCH3 is 2. The molecule has 1 aliphatic carbocycles. The zero-order valence-corrected chi connectivity index (χ0v) is 19.7. The number of ether oxygens (including phenoxy) is 2. The second kappa shape index (κ2) is 11.1. The van der Waals surface area contributed by atoms with Gasteiger partial charge in [0, 0.05) is 30.8 Å². The number of carbonyl (C=O) groups excluding carboxylic acids is 2. The van der Waals surface area contributed by atoms with E-state index in [9.17, 15) is 9.59 Å². The van der Waals surface area contributed by atoms with Crippen LogP contribution in [0.1, 0.15) is 58.9 Å². The highest BCUT2D eigenvalue weighted by Gasteiger charge is 2.42. The summed E-state index contributed by atoms with van der Waals surface area (Å²) < 4.78 is 11.0. The van der Waals surface area contributed by atoms with Crippen LogP contribution in [0.25, 0.3) is 6.08 Å². The van der Waals surface area contributed by atoms with E-state index in [0.29, 0.717) is 23.7 Å². The first-order valence-corrected chi connectivity index (χ1v) is 11.2. The normalized spacial score (nSPS) is 22.0. The molecule has 0 bridgehead atoms. The van der Waals surface area contributed by atoms with Gasteiger partial charge in [0.15, 0.2) is 0 Å². The van der Waals surface area contributed by atoms with Gasteiger partial charge in [0.05, 0.1) is 19.9 Å². The number of hydrogen-bond acceptors (Lipinski definition) is 5. The number of benzene rings is 1. The first kappa shape index (κ1) is 24.6. The van der Waals surface area contributed by atoms with E-state index in [4.69, 9.17) is 9.47 Å². The molecule has 1 saturated carbocycles. The second-order valence-corrected chi connectivity index (χ2v) is 7.76. The molecular weight excluding hydrogens is 394 g/mol. The summed E-state index contributed by atoms with van der Waals surface area (Å²) in [5, 5.41) is 6.53. The number of fused-ring (bicyclic) bond motifs is 1. The Morgan fingerprint density at radius 3 is 2.35 bits per heavy atom. The van der Waals surface area contributed by atoms with Crippen LogP contribution in [-0.4, -0.2) is 55.6 Å². The van der Waals surface area contributed by atoms with E-state index in [1.165, 1.54) is 6.08 Å². The van der Waals surface area contributed by atoms with Crippen LogP contribution < -0.4 is 20.1 Å². The Hall–Kier alpha value is -2.70. The molecule has 7 nitrogen and oxygen atoms in total. The van der Waals surface area contributed by atoms with Crippen LogP contribution in [0.2, 0.25) is 0 Å². The van der Waals surface area contributed by atoms with Gasteiger partial charge in [0.1, 0.15) is 17.0 Å². The molecule has 1 unspecified atom stereocenters. The lowest BCUT2D eigenvalue weighted by molar-refractivity contribution is -0.143. The molecule has 0 spiro atoms. The summed E-state index contributed by atoms with van der Waals surface area (Å²) >= 11 is 0. The van der Waals surface area contributed by atoms with Crippen molar-refractivity contribution in [3.05, 3.63) is 23.8 Å². The van der Waals surface area contributed by atoms with Gasteiger partial charge in [-0.2, -0.15) is 0 Å². The lowest BCUT2D eigenvalue weighted by Crippen LogP contribution is -2.63. The molecule has 1 fully saturated rings. The van der Waals surface area contributed by atoms with Crippen molar-refractivity contribution >= 4 is 23.6 Å². The third-order valence-corrected chi connectivity index (χ3v) is 5.97. The number of anilines is 1. The molecule has 1 aromatic carbocycles. The first-order chi connectivity index (χ1) is 14.9. The van der Waals surface area contributed by atoms with Crippen molar-refractivity contribution in [1.29, 1.82) is 0 Å². The molecule has 2 N–H and O–H groups in total. The third-order valence-electron chi connectivity index (χ3n) is 5.97. The van der Waals surface area contributed by atoms with Gasteiger partial charge < -0.3 is 25.0 Å². The lowest BCUT2D eigenvalue weighted by atomic mass is 9.96. The van der Waals surface area contributed by atoms with E-state index in [1.54, 1.807) is 31.3 Å². The smallest absolute Gasteiger partial charge is 0.247 e. The van der Waals surface area contributed by atoms with E-state index in [2.05, 4.69) is 10.6 Å². The second-order valence-electron chi connectivity index (χ2n) is 7.76. The van der Waals surface area contributed by atoms with Crippen LogP contribution in [0.4, 0.5) is 5.69 Å². The van der Waals surface area contributed by atoms with Crippen LogP contribution in [0.5, 0.6) is 11.5 Å². The minimum atomic E-state index is -1.05. The Morgan fingerprint density at radius 2 is 1.77 bits per heavy atom. The quantitative estimate of drug-likeness (QED) is 0.741. The van der Waals surface area contributed by atoms with Crippen molar-refractivity contribution in [3.63, 3.8) is 0 Å². The zero-order valence-electron chi connectivity index (χ0n) is 19.7. The summed E-state index contributed by atoms with van der Waals surface area (Å²) in [6.45, 7) is 8.38. The number of rotatable bonds is 5. The van der Waals surface area contributed by atoms with Crippen molar-refractivity contribution in [1.82, 2.24) is 10.2 Å². The van der Waals surface area contributed by atoms with Gasteiger partial charge in [-0.1, -0.05) is 26.7 Å². The number of nitrogens with zero attached hydrogens (tertiary/aromatic N) is 1. The number of hydrogen-bond donors (Lipinski definition) is 2. The average molecular weight is 432 g/mol. The maximum atomic E-state index is 13.3. The molecule has 0 saturated heterocycles. The molecule has 31 heavy (non-hydrogen) atoms. The van der Waals surface area contributed by atoms with Crippen molar-refractivity contribution in [2.24, 2.45) is 0 Å². The molecule has 172 valence electrons. The SMILES string of the molecule is CC.CCN1C(=O)/C=C/c2c(OC)ccc(OC)c2NCC1(C)C(=O)NC1CCCC1. The van der Waals surface area contributed by atoms with Gasteiger partial charge >= 0.3 is 0 Å².